The van der Waals surface area contributed by atoms with Crippen LogP contribution in [0.3, 0.4) is 0 Å². The first-order chi connectivity index (χ1) is 8.89. The molecule has 0 heterocycles. The van der Waals surface area contributed by atoms with Crippen LogP contribution in [0.2, 0.25) is 0 Å². The van der Waals surface area contributed by atoms with E-state index in [0.717, 1.165) is 25.0 Å². The van der Waals surface area contributed by atoms with E-state index in [-0.39, 0.29) is 0 Å². The van der Waals surface area contributed by atoms with Crippen molar-refractivity contribution in [2.75, 3.05) is 0 Å². The van der Waals surface area contributed by atoms with Gasteiger partial charge in [0.15, 0.2) is 0 Å². The van der Waals surface area contributed by atoms with Gasteiger partial charge in [0, 0.05) is 4.47 Å². The lowest BCUT2D eigenvalue weighted by atomic mass is 9.88. The first-order valence-electron chi connectivity index (χ1n) is 5.85. The van der Waals surface area contributed by atoms with E-state index in [2.05, 4.69) is 20.9 Å². The molecule has 1 aliphatic rings. The standard InChI is InChI=1S/C13H11BrF3NO/c14-11-7-9(13(15,16)17)3-4-10(11)12(18-8-19)5-1-2-6-12/h3-4,7H,1-2,5-6H2. The Balaban J connectivity index is 2.48. The summed E-state index contributed by atoms with van der Waals surface area (Å²) in [5, 5.41) is 0. The monoisotopic (exact) mass is 333 g/mol. The highest BCUT2D eigenvalue weighted by Crippen LogP contribution is 2.45. The van der Waals surface area contributed by atoms with Gasteiger partial charge < -0.3 is 0 Å². The van der Waals surface area contributed by atoms with E-state index >= 15 is 0 Å². The third kappa shape index (κ3) is 2.74. The first kappa shape index (κ1) is 14.3. The van der Waals surface area contributed by atoms with Gasteiger partial charge in [-0.3, -0.25) is 0 Å². The zero-order valence-corrected chi connectivity index (χ0v) is 11.5. The van der Waals surface area contributed by atoms with Crippen LogP contribution in [-0.2, 0) is 16.5 Å². The maximum Gasteiger partial charge on any atom is 0.416 e. The van der Waals surface area contributed by atoms with Crippen LogP contribution in [0.5, 0.6) is 0 Å². The van der Waals surface area contributed by atoms with Crippen molar-refractivity contribution in [1.29, 1.82) is 0 Å². The van der Waals surface area contributed by atoms with E-state index in [4.69, 9.17) is 0 Å². The molecule has 0 unspecified atom stereocenters. The topological polar surface area (TPSA) is 29.4 Å². The van der Waals surface area contributed by atoms with Crippen LogP contribution >= 0.6 is 15.9 Å². The zero-order valence-electron chi connectivity index (χ0n) is 9.93. The molecule has 0 spiro atoms. The predicted molar refractivity (Wildman–Crippen MR) is 67.4 cm³/mol. The largest absolute Gasteiger partial charge is 0.416 e. The zero-order chi connectivity index (χ0) is 14.1. The van der Waals surface area contributed by atoms with Crippen molar-refractivity contribution < 1.29 is 18.0 Å². The fourth-order valence-corrected chi connectivity index (χ4v) is 3.31. The number of aliphatic imine (C=N–C) groups is 1. The second kappa shape index (κ2) is 5.10. The minimum atomic E-state index is -4.38. The van der Waals surface area contributed by atoms with Crippen molar-refractivity contribution in [3.8, 4) is 0 Å². The van der Waals surface area contributed by atoms with Crippen molar-refractivity contribution >= 4 is 22.0 Å². The van der Waals surface area contributed by atoms with Gasteiger partial charge in [0.05, 0.1) is 11.1 Å². The molecule has 6 heteroatoms. The van der Waals surface area contributed by atoms with Crippen molar-refractivity contribution in [2.24, 2.45) is 4.99 Å². The van der Waals surface area contributed by atoms with Crippen molar-refractivity contribution in [3.63, 3.8) is 0 Å². The number of alkyl halides is 3. The predicted octanol–water partition coefficient (Wildman–Crippen LogP) is 4.57. The maximum atomic E-state index is 12.6. The van der Waals surface area contributed by atoms with Gasteiger partial charge in [0.2, 0.25) is 6.08 Å². The van der Waals surface area contributed by atoms with Gasteiger partial charge in [-0.1, -0.05) is 34.8 Å². The molecule has 2 rings (SSSR count). The Morgan fingerprint density at radius 3 is 2.37 bits per heavy atom. The Hall–Kier alpha value is -1.13. The van der Waals surface area contributed by atoms with E-state index < -0.39 is 17.3 Å². The van der Waals surface area contributed by atoms with Crippen molar-refractivity contribution in [2.45, 2.75) is 37.4 Å². The smallest absolute Gasteiger partial charge is 0.211 e. The number of hydrogen-bond donors (Lipinski definition) is 0. The maximum absolute atomic E-state index is 12.6. The molecule has 1 aliphatic carbocycles. The number of halogens is 4. The number of carbonyl (C=O) groups excluding carboxylic acids is 1. The molecule has 0 N–H and O–H groups in total. The summed E-state index contributed by atoms with van der Waals surface area (Å²) < 4.78 is 38.2. The van der Waals surface area contributed by atoms with Gasteiger partial charge in [-0.25, -0.2) is 4.79 Å². The summed E-state index contributed by atoms with van der Waals surface area (Å²) in [6.07, 6.45) is 0.297. The summed E-state index contributed by atoms with van der Waals surface area (Å²) in [7, 11) is 0. The van der Waals surface area contributed by atoms with Crippen LogP contribution in [0.15, 0.2) is 27.7 Å². The van der Waals surface area contributed by atoms with Gasteiger partial charge in [-0.15, -0.1) is 0 Å². The average molecular weight is 334 g/mol. The molecule has 0 radical (unpaired) electrons. The van der Waals surface area contributed by atoms with Crippen molar-refractivity contribution in [1.82, 2.24) is 0 Å². The van der Waals surface area contributed by atoms with Gasteiger partial charge >= 0.3 is 6.18 Å². The highest BCUT2D eigenvalue weighted by atomic mass is 79.9. The molecule has 19 heavy (non-hydrogen) atoms. The molecule has 0 amide bonds. The first-order valence-corrected chi connectivity index (χ1v) is 6.65. The van der Waals surface area contributed by atoms with E-state index in [1.165, 1.54) is 6.07 Å². The molecule has 1 aromatic rings. The quantitative estimate of drug-likeness (QED) is 0.575. The van der Waals surface area contributed by atoms with Gasteiger partial charge in [0.25, 0.3) is 0 Å². The summed E-state index contributed by atoms with van der Waals surface area (Å²) in [6, 6.07) is 3.47. The van der Waals surface area contributed by atoms with Gasteiger partial charge in [-0.05, 0) is 30.5 Å². The lowest BCUT2D eigenvalue weighted by molar-refractivity contribution is -0.137. The second-order valence-electron chi connectivity index (χ2n) is 4.63. The molecule has 1 saturated carbocycles. The molecule has 102 valence electrons. The Morgan fingerprint density at radius 2 is 1.89 bits per heavy atom. The lowest BCUT2D eigenvalue weighted by Gasteiger charge is -2.24. The van der Waals surface area contributed by atoms with Crippen LogP contribution < -0.4 is 0 Å². The Kier molecular flexibility index (Phi) is 3.83. The lowest BCUT2D eigenvalue weighted by Crippen LogP contribution is -2.20. The molecule has 0 atom stereocenters. The molecule has 0 saturated heterocycles. The van der Waals surface area contributed by atoms with E-state index in [1.807, 2.05) is 0 Å². The molecule has 2 nitrogen and oxygen atoms in total. The third-order valence-corrected chi connectivity index (χ3v) is 4.14. The van der Waals surface area contributed by atoms with Crippen LogP contribution in [0.25, 0.3) is 0 Å². The Bertz CT molecular complexity index is 529. The van der Waals surface area contributed by atoms with Crippen molar-refractivity contribution in [3.05, 3.63) is 33.8 Å². The molecular formula is C13H11BrF3NO. The number of isocyanates is 1. The Morgan fingerprint density at radius 1 is 1.26 bits per heavy atom. The molecular weight excluding hydrogens is 323 g/mol. The minimum Gasteiger partial charge on any atom is -0.211 e. The molecule has 1 aromatic carbocycles. The SMILES string of the molecule is O=C=NC1(c2ccc(C(F)(F)F)cc2Br)CCCC1. The van der Waals surface area contributed by atoms with Crippen LogP contribution in [-0.4, -0.2) is 6.08 Å². The summed E-state index contributed by atoms with van der Waals surface area (Å²) in [6.45, 7) is 0. The molecule has 0 bridgehead atoms. The fourth-order valence-electron chi connectivity index (χ4n) is 2.56. The number of hydrogen-bond acceptors (Lipinski definition) is 2. The molecule has 0 aliphatic heterocycles. The summed E-state index contributed by atoms with van der Waals surface area (Å²) in [4.78, 5) is 14.5. The fraction of sp³-hybridized carbons (Fsp3) is 0.462. The van der Waals surface area contributed by atoms with E-state index in [1.54, 1.807) is 6.08 Å². The number of benzene rings is 1. The van der Waals surface area contributed by atoms with E-state index in [9.17, 15) is 18.0 Å². The van der Waals surface area contributed by atoms with Crippen LogP contribution in [0, 0.1) is 0 Å². The second-order valence-corrected chi connectivity index (χ2v) is 5.49. The average Bonchev–Trinajstić information content (AvgIpc) is 2.77. The number of rotatable bonds is 2. The number of nitrogens with zero attached hydrogens (tertiary/aromatic N) is 1. The normalized spacial score (nSPS) is 18.1. The molecule has 1 fully saturated rings. The van der Waals surface area contributed by atoms with Crippen LogP contribution in [0.4, 0.5) is 13.2 Å². The molecule has 0 aromatic heterocycles. The highest BCUT2D eigenvalue weighted by Gasteiger charge is 2.38. The summed E-state index contributed by atoms with van der Waals surface area (Å²) >= 11 is 3.17. The van der Waals surface area contributed by atoms with Gasteiger partial charge in [-0.2, -0.15) is 18.2 Å². The van der Waals surface area contributed by atoms with Crippen LogP contribution in [0.1, 0.15) is 36.8 Å². The van der Waals surface area contributed by atoms with E-state index in [0.29, 0.717) is 22.9 Å². The third-order valence-electron chi connectivity index (χ3n) is 3.49. The Labute approximate surface area is 116 Å². The highest BCUT2D eigenvalue weighted by molar-refractivity contribution is 9.10. The minimum absolute atomic E-state index is 0.336. The summed E-state index contributed by atoms with van der Waals surface area (Å²) in [5.74, 6) is 0. The van der Waals surface area contributed by atoms with Gasteiger partial charge in [0.1, 0.15) is 0 Å². The summed E-state index contributed by atoms with van der Waals surface area (Å²) in [5.41, 5.74) is -0.808.